The van der Waals surface area contributed by atoms with E-state index in [4.69, 9.17) is 0 Å². The Morgan fingerprint density at radius 3 is 2.57 bits per heavy atom. The largest absolute Gasteiger partial charge is 0.306 e. The third-order valence-corrected chi connectivity index (χ3v) is 3.88. The van der Waals surface area contributed by atoms with E-state index in [0.29, 0.717) is 16.6 Å². The van der Waals surface area contributed by atoms with E-state index < -0.39 is 23.5 Å². The van der Waals surface area contributed by atoms with Crippen molar-refractivity contribution in [3.8, 4) is 0 Å². The van der Waals surface area contributed by atoms with Crippen LogP contribution < -0.4 is 5.32 Å². The van der Waals surface area contributed by atoms with Crippen molar-refractivity contribution in [1.82, 2.24) is 5.32 Å². The van der Waals surface area contributed by atoms with Crippen LogP contribution in [0.15, 0.2) is 40.9 Å². The third-order valence-electron chi connectivity index (χ3n) is 3.16. The highest BCUT2D eigenvalue weighted by molar-refractivity contribution is 9.10. The molecule has 0 aliphatic heterocycles. The minimum absolute atomic E-state index is 0.162. The summed E-state index contributed by atoms with van der Waals surface area (Å²) in [5.74, 6) is -2.25. The average Bonchev–Trinajstić information content (AvgIpc) is 2.47. The SMILES string of the molecule is CCCNC(c1cc(F)ccc1Br)c1cccc(F)c1F. The molecule has 0 fully saturated rings. The van der Waals surface area contributed by atoms with Gasteiger partial charge in [-0.05, 0) is 42.8 Å². The highest BCUT2D eigenvalue weighted by Crippen LogP contribution is 2.31. The molecule has 0 aromatic heterocycles. The van der Waals surface area contributed by atoms with Crippen LogP contribution >= 0.6 is 15.9 Å². The summed E-state index contributed by atoms with van der Waals surface area (Å²) in [4.78, 5) is 0. The lowest BCUT2D eigenvalue weighted by Crippen LogP contribution is -2.25. The maximum Gasteiger partial charge on any atom is 0.163 e. The summed E-state index contributed by atoms with van der Waals surface area (Å²) in [6, 6.07) is 7.59. The van der Waals surface area contributed by atoms with Gasteiger partial charge >= 0.3 is 0 Å². The van der Waals surface area contributed by atoms with E-state index in [2.05, 4.69) is 21.2 Å². The third kappa shape index (κ3) is 3.66. The van der Waals surface area contributed by atoms with Crippen molar-refractivity contribution in [3.63, 3.8) is 0 Å². The molecule has 2 rings (SSSR count). The van der Waals surface area contributed by atoms with Gasteiger partial charge < -0.3 is 5.32 Å². The molecule has 0 aliphatic carbocycles. The number of halogens is 4. The highest BCUT2D eigenvalue weighted by Gasteiger charge is 2.21. The van der Waals surface area contributed by atoms with Gasteiger partial charge in [-0.1, -0.05) is 35.0 Å². The fraction of sp³-hybridized carbons (Fsp3) is 0.250. The van der Waals surface area contributed by atoms with Crippen LogP contribution in [0.4, 0.5) is 13.2 Å². The first-order valence-corrected chi connectivity index (χ1v) is 7.46. The Kier molecular flexibility index (Phi) is 5.42. The summed E-state index contributed by atoms with van der Waals surface area (Å²) in [5.41, 5.74) is 0.697. The van der Waals surface area contributed by atoms with Crippen molar-refractivity contribution in [2.45, 2.75) is 19.4 Å². The molecule has 0 radical (unpaired) electrons. The van der Waals surface area contributed by atoms with Crippen molar-refractivity contribution in [2.24, 2.45) is 0 Å². The van der Waals surface area contributed by atoms with E-state index in [1.54, 1.807) is 6.07 Å². The number of hydrogen-bond acceptors (Lipinski definition) is 1. The number of nitrogens with one attached hydrogen (secondary N) is 1. The molecule has 0 heterocycles. The smallest absolute Gasteiger partial charge is 0.163 e. The molecule has 1 unspecified atom stereocenters. The Hall–Kier alpha value is -1.33. The zero-order valence-corrected chi connectivity index (χ0v) is 13.1. The average molecular weight is 358 g/mol. The van der Waals surface area contributed by atoms with Gasteiger partial charge in [0.05, 0.1) is 6.04 Å². The highest BCUT2D eigenvalue weighted by atomic mass is 79.9. The first kappa shape index (κ1) is 16.0. The van der Waals surface area contributed by atoms with E-state index in [1.165, 1.54) is 24.3 Å². The van der Waals surface area contributed by atoms with E-state index in [1.807, 2.05) is 6.92 Å². The summed E-state index contributed by atoms with van der Waals surface area (Å²) in [6.45, 7) is 2.57. The Morgan fingerprint density at radius 1 is 1.10 bits per heavy atom. The van der Waals surface area contributed by atoms with Crippen LogP contribution in [0.2, 0.25) is 0 Å². The normalized spacial score (nSPS) is 12.4. The number of rotatable bonds is 5. The Bertz CT molecular complexity index is 629. The fourth-order valence-corrected chi connectivity index (χ4v) is 2.63. The predicted octanol–water partition coefficient (Wildman–Crippen LogP) is 4.96. The predicted molar refractivity (Wildman–Crippen MR) is 80.6 cm³/mol. The summed E-state index contributed by atoms with van der Waals surface area (Å²) < 4.78 is 41.7. The van der Waals surface area contributed by atoms with E-state index in [9.17, 15) is 13.2 Å². The molecule has 1 nitrogen and oxygen atoms in total. The monoisotopic (exact) mass is 357 g/mol. The summed E-state index contributed by atoms with van der Waals surface area (Å²) >= 11 is 3.34. The molecule has 0 amide bonds. The maximum absolute atomic E-state index is 14.1. The van der Waals surface area contributed by atoms with Gasteiger partial charge in [-0.15, -0.1) is 0 Å². The molecule has 0 aliphatic rings. The summed E-state index contributed by atoms with van der Waals surface area (Å²) in [6.07, 6.45) is 0.820. The second-order valence-corrected chi connectivity index (χ2v) is 5.55. The second kappa shape index (κ2) is 7.09. The first-order valence-electron chi connectivity index (χ1n) is 6.66. The van der Waals surface area contributed by atoms with Crippen LogP contribution in [0.1, 0.15) is 30.5 Å². The van der Waals surface area contributed by atoms with Crippen LogP contribution in [0.25, 0.3) is 0 Å². The molecule has 1 N–H and O–H groups in total. The quantitative estimate of drug-likeness (QED) is 0.797. The van der Waals surface area contributed by atoms with Crippen LogP contribution in [-0.2, 0) is 0 Å². The maximum atomic E-state index is 14.1. The topological polar surface area (TPSA) is 12.0 Å². The number of benzene rings is 2. The minimum Gasteiger partial charge on any atom is -0.306 e. The Balaban J connectivity index is 2.52. The molecular formula is C16H15BrF3N. The van der Waals surface area contributed by atoms with Crippen LogP contribution in [0.5, 0.6) is 0 Å². The van der Waals surface area contributed by atoms with Crippen LogP contribution in [0.3, 0.4) is 0 Å². The van der Waals surface area contributed by atoms with Gasteiger partial charge in [0.1, 0.15) is 5.82 Å². The van der Waals surface area contributed by atoms with Crippen LogP contribution in [-0.4, -0.2) is 6.54 Å². The van der Waals surface area contributed by atoms with Gasteiger partial charge in [-0.3, -0.25) is 0 Å². The molecule has 0 spiro atoms. The summed E-state index contributed by atoms with van der Waals surface area (Å²) in [7, 11) is 0. The molecule has 21 heavy (non-hydrogen) atoms. The van der Waals surface area contributed by atoms with Gasteiger partial charge in [0, 0.05) is 10.0 Å². The lowest BCUT2D eigenvalue weighted by atomic mass is 9.97. The van der Waals surface area contributed by atoms with Gasteiger partial charge in [-0.25, -0.2) is 13.2 Å². The van der Waals surface area contributed by atoms with Crippen molar-refractivity contribution in [2.75, 3.05) is 6.54 Å². The lowest BCUT2D eigenvalue weighted by Gasteiger charge is -2.21. The summed E-state index contributed by atoms with van der Waals surface area (Å²) in [5, 5.41) is 3.13. The van der Waals surface area contributed by atoms with E-state index >= 15 is 0 Å². The van der Waals surface area contributed by atoms with Gasteiger partial charge in [-0.2, -0.15) is 0 Å². The molecule has 0 saturated carbocycles. The van der Waals surface area contributed by atoms with Crippen molar-refractivity contribution in [1.29, 1.82) is 0 Å². The molecule has 0 bridgehead atoms. The van der Waals surface area contributed by atoms with Crippen LogP contribution in [0, 0.1) is 17.5 Å². The van der Waals surface area contributed by atoms with Crippen molar-refractivity contribution in [3.05, 3.63) is 69.4 Å². The van der Waals surface area contributed by atoms with E-state index in [0.717, 1.165) is 12.5 Å². The Morgan fingerprint density at radius 2 is 1.86 bits per heavy atom. The second-order valence-electron chi connectivity index (χ2n) is 4.70. The zero-order chi connectivity index (χ0) is 15.4. The standard InChI is InChI=1S/C16H15BrF3N/c1-2-8-21-16(11-4-3-5-14(19)15(11)20)12-9-10(18)6-7-13(12)17/h3-7,9,16,21H,2,8H2,1H3. The lowest BCUT2D eigenvalue weighted by molar-refractivity contribution is 0.479. The zero-order valence-electron chi connectivity index (χ0n) is 11.5. The van der Waals surface area contributed by atoms with Gasteiger partial charge in [0.25, 0.3) is 0 Å². The van der Waals surface area contributed by atoms with Crippen molar-refractivity contribution < 1.29 is 13.2 Å². The van der Waals surface area contributed by atoms with E-state index in [-0.39, 0.29) is 5.56 Å². The number of hydrogen-bond donors (Lipinski definition) is 1. The molecule has 2 aromatic rings. The Labute approximate surface area is 130 Å². The van der Waals surface area contributed by atoms with Crippen molar-refractivity contribution >= 4 is 15.9 Å². The molecule has 1 atom stereocenters. The first-order chi connectivity index (χ1) is 10.0. The molecule has 5 heteroatoms. The molecule has 0 saturated heterocycles. The molecule has 2 aromatic carbocycles. The molecule has 112 valence electrons. The van der Waals surface area contributed by atoms with Gasteiger partial charge in [0.15, 0.2) is 11.6 Å². The minimum atomic E-state index is -0.915. The molecular weight excluding hydrogens is 343 g/mol. The van der Waals surface area contributed by atoms with Gasteiger partial charge in [0.2, 0.25) is 0 Å². The fourth-order valence-electron chi connectivity index (χ4n) is 2.16.